The number of urea groups is 1. The minimum absolute atomic E-state index is 0.117. The van der Waals surface area contributed by atoms with Crippen molar-refractivity contribution in [3.63, 3.8) is 0 Å². The highest BCUT2D eigenvalue weighted by atomic mass is 16.3. The molecular weight excluding hydrogens is 316 g/mol. The lowest BCUT2D eigenvalue weighted by atomic mass is 10.1. The Morgan fingerprint density at radius 2 is 2.00 bits per heavy atom. The van der Waals surface area contributed by atoms with Crippen LogP contribution in [0.15, 0.2) is 54.7 Å². The van der Waals surface area contributed by atoms with E-state index in [2.05, 4.69) is 10.4 Å². The summed E-state index contributed by atoms with van der Waals surface area (Å²) in [5.74, 6) is 0.196. The van der Waals surface area contributed by atoms with Crippen LogP contribution in [0.3, 0.4) is 0 Å². The molecule has 1 saturated heterocycles. The SMILES string of the molecule is O=C(Nc1ccc(-n2ncc3ccccc32)cc1)N1CC[C@H](CO)C1. The summed E-state index contributed by atoms with van der Waals surface area (Å²) in [7, 11) is 0. The summed E-state index contributed by atoms with van der Waals surface area (Å²) in [6.45, 7) is 1.43. The summed E-state index contributed by atoms with van der Waals surface area (Å²) >= 11 is 0. The van der Waals surface area contributed by atoms with E-state index in [-0.39, 0.29) is 18.6 Å². The molecule has 2 heterocycles. The normalized spacial score (nSPS) is 17.2. The number of anilines is 1. The molecule has 1 aliphatic heterocycles. The third kappa shape index (κ3) is 3.08. The Labute approximate surface area is 145 Å². The molecule has 1 aromatic heterocycles. The fourth-order valence-corrected chi connectivity index (χ4v) is 3.23. The lowest BCUT2D eigenvalue weighted by Gasteiger charge is -2.17. The van der Waals surface area contributed by atoms with E-state index in [0.717, 1.165) is 28.7 Å². The van der Waals surface area contributed by atoms with Gasteiger partial charge in [-0.1, -0.05) is 18.2 Å². The van der Waals surface area contributed by atoms with Crippen LogP contribution in [0.25, 0.3) is 16.6 Å². The molecule has 0 saturated carbocycles. The van der Waals surface area contributed by atoms with Crippen molar-refractivity contribution in [3.8, 4) is 5.69 Å². The van der Waals surface area contributed by atoms with E-state index in [1.165, 1.54) is 0 Å². The number of hydrogen-bond donors (Lipinski definition) is 2. The minimum atomic E-state index is -0.117. The van der Waals surface area contributed by atoms with E-state index < -0.39 is 0 Å². The first-order valence-corrected chi connectivity index (χ1v) is 8.44. The van der Waals surface area contributed by atoms with Crippen molar-refractivity contribution >= 4 is 22.6 Å². The molecule has 2 N–H and O–H groups in total. The molecule has 3 aromatic rings. The van der Waals surface area contributed by atoms with Crippen molar-refractivity contribution in [2.45, 2.75) is 6.42 Å². The van der Waals surface area contributed by atoms with E-state index in [4.69, 9.17) is 0 Å². The number of nitrogens with zero attached hydrogens (tertiary/aromatic N) is 3. The van der Waals surface area contributed by atoms with Gasteiger partial charge in [0.15, 0.2) is 0 Å². The molecule has 0 bridgehead atoms. The first-order chi connectivity index (χ1) is 12.2. The van der Waals surface area contributed by atoms with Gasteiger partial charge in [-0.2, -0.15) is 5.10 Å². The van der Waals surface area contributed by atoms with Crippen LogP contribution in [0.5, 0.6) is 0 Å². The average Bonchev–Trinajstić information content (AvgIpc) is 3.29. The lowest BCUT2D eigenvalue weighted by Crippen LogP contribution is -2.33. The maximum absolute atomic E-state index is 12.3. The molecular formula is C19H20N4O2. The number of carbonyl (C=O) groups is 1. The van der Waals surface area contributed by atoms with Crippen LogP contribution in [0.1, 0.15) is 6.42 Å². The Kier molecular flexibility index (Phi) is 4.11. The first-order valence-electron chi connectivity index (χ1n) is 8.44. The van der Waals surface area contributed by atoms with Crippen LogP contribution in [0.2, 0.25) is 0 Å². The van der Waals surface area contributed by atoms with Crippen molar-refractivity contribution in [2.24, 2.45) is 5.92 Å². The smallest absolute Gasteiger partial charge is 0.321 e. The maximum atomic E-state index is 12.3. The van der Waals surface area contributed by atoms with Gasteiger partial charge in [-0.15, -0.1) is 0 Å². The third-order valence-electron chi connectivity index (χ3n) is 4.67. The molecule has 0 unspecified atom stereocenters. The summed E-state index contributed by atoms with van der Waals surface area (Å²) in [5.41, 5.74) is 2.74. The van der Waals surface area contributed by atoms with Gasteiger partial charge in [0, 0.05) is 36.7 Å². The van der Waals surface area contributed by atoms with Gasteiger partial charge in [0.05, 0.1) is 17.4 Å². The number of rotatable bonds is 3. The number of aliphatic hydroxyl groups excluding tert-OH is 1. The van der Waals surface area contributed by atoms with E-state index in [0.29, 0.717) is 13.1 Å². The van der Waals surface area contributed by atoms with E-state index in [1.807, 2.05) is 59.4 Å². The Morgan fingerprint density at radius 1 is 1.20 bits per heavy atom. The highest BCUT2D eigenvalue weighted by molar-refractivity contribution is 5.89. The van der Waals surface area contributed by atoms with Crippen LogP contribution in [-0.4, -0.2) is 45.5 Å². The topological polar surface area (TPSA) is 70.4 Å². The van der Waals surface area contributed by atoms with E-state index in [9.17, 15) is 9.90 Å². The summed E-state index contributed by atoms with van der Waals surface area (Å²) in [5, 5.41) is 17.6. The van der Waals surface area contributed by atoms with Crippen LogP contribution in [0.4, 0.5) is 10.5 Å². The molecule has 0 aliphatic carbocycles. The summed E-state index contributed by atoms with van der Waals surface area (Å²) in [6, 6.07) is 15.6. The van der Waals surface area contributed by atoms with Crippen LogP contribution in [-0.2, 0) is 0 Å². The van der Waals surface area contributed by atoms with Crippen LogP contribution >= 0.6 is 0 Å². The van der Waals surface area contributed by atoms with E-state index in [1.54, 1.807) is 4.90 Å². The van der Waals surface area contributed by atoms with Gasteiger partial charge in [-0.25, -0.2) is 9.48 Å². The number of fused-ring (bicyclic) bond motifs is 1. The van der Waals surface area contributed by atoms with Gasteiger partial charge in [0.2, 0.25) is 0 Å². The molecule has 6 nitrogen and oxygen atoms in total. The highest BCUT2D eigenvalue weighted by Crippen LogP contribution is 2.21. The molecule has 1 fully saturated rings. The summed E-state index contributed by atoms with van der Waals surface area (Å²) in [6.07, 6.45) is 2.70. The second-order valence-electron chi connectivity index (χ2n) is 6.38. The van der Waals surface area contributed by atoms with Crippen LogP contribution < -0.4 is 5.32 Å². The van der Waals surface area contributed by atoms with Gasteiger partial charge >= 0.3 is 6.03 Å². The summed E-state index contributed by atoms with van der Waals surface area (Å²) in [4.78, 5) is 14.0. The summed E-state index contributed by atoms with van der Waals surface area (Å²) < 4.78 is 1.88. The van der Waals surface area contributed by atoms with Gasteiger partial charge in [0.25, 0.3) is 0 Å². The monoisotopic (exact) mass is 336 g/mol. The third-order valence-corrected chi connectivity index (χ3v) is 4.67. The van der Waals surface area contributed by atoms with Crippen molar-refractivity contribution < 1.29 is 9.90 Å². The Hall–Kier alpha value is -2.86. The maximum Gasteiger partial charge on any atom is 0.321 e. The largest absolute Gasteiger partial charge is 0.396 e. The standard InChI is InChI=1S/C19H20N4O2/c24-13-14-9-10-22(12-14)19(25)21-16-5-7-17(8-6-16)23-18-4-2-1-3-15(18)11-20-23/h1-8,11,14,24H,9-10,12-13H2,(H,21,25)/t14-/m0/s1. The predicted molar refractivity (Wildman–Crippen MR) is 96.9 cm³/mol. The number of benzene rings is 2. The molecule has 2 aromatic carbocycles. The zero-order valence-electron chi connectivity index (χ0n) is 13.8. The zero-order chi connectivity index (χ0) is 17.2. The molecule has 0 radical (unpaired) electrons. The van der Waals surface area contributed by atoms with Crippen molar-refractivity contribution in [1.29, 1.82) is 0 Å². The van der Waals surface area contributed by atoms with Crippen LogP contribution in [0, 0.1) is 5.92 Å². The minimum Gasteiger partial charge on any atom is -0.396 e. The van der Waals surface area contributed by atoms with Crippen molar-refractivity contribution in [3.05, 3.63) is 54.7 Å². The first kappa shape index (κ1) is 15.7. The van der Waals surface area contributed by atoms with Gasteiger partial charge < -0.3 is 15.3 Å². The molecule has 1 aliphatic rings. The van der Waals surface area contributed by atoms with Crippen molar-refractivity contribution in [1.82, 2.24) is 14.7 Å². The molecule has 1 atom stereocenters. The Morgan fingerprint density at radius 3 is 2.76 bits per heavy atom. The molecule has 6 heteroatoms. The molecule has 2 amide bonds. The number of likely N-dealkylation sites (tertiary alicyclic amines) is 1. The molecule has 25 heavy (non-hydrogen) atoms. The molecule has 128 valence electrons. The number of aliphatic hydroxyl groups is 1. The number of aromatic nitrogens is 2. The predicted octanol–water partition coefficient (Wildman–Crippen LogP) is 2.87. The number of carbonyl (C=O) groups excluding carboxylic acids is 1. The fraction of sp³-hybridized carbons (Fsp3) is 0.263. The Bertz CT molecular complexity index is 888. The number of para-hydroxylation sites is 1. The average molecular weight is 336 g/mol. The number of hydrogen-bond acceptors (Lipinski definition) is 3. The molecule has 0 spiro atoms. The second-order valence-corrected chi connectivity index (χ2v) is 6.38. The lowest BCUT2D eigenvalue weighted by molar-refractivity contribution is 0.209. The zero-order valence-corrected chi connectivity index (χ0v) is 13.8. The number of nitrogens with one attached hydrogen (secondary N) is 1. The Balaban J connectivity index is 1.48. The van der Waals surface area contributed by atoms with Gasteiger partial charge in [0.1, 0.15) is 0 Å². The number of amides is 2. The van der Waals surface area contributed by atoms with Gasteiger partial charge in [-0.05, 0) is 36.8 Å². The van der Waals surface area contributed by atoms with Crippen molar-refractivity contribution in [2.75, 3.05) is 25.0 Å². The molecule has 4 rings (SSSR count). The fourth-order valence-electron chi connectivity index (χ4n) is 3.23. The van der Waals surface area contributed by atoms with Gasteiger partial charge in [-0.3, -0.25) is 0 Å². The highest BCUT2D eigenvalue weighted by Gasteiger charge is 2.25. The quantitative estimate of drug-likeness (QED) is 0.773. The van der Waals surface area contributed by atoms with E-state index >= 15 is 0 Å². The second kappa shape index (κ2) is 6.57.